The molecule has 144 valence electrons. The predicted octanol–water partition coefficient (Wildman–Crippen LogP) is 5.06. The number of fused-ring (bicyclic) bond motifs is 1. The first-order valence-corrected chi connectivity index (χ1v) is 10.4. The second kappa shape index (κ2) is 10.3. The Balaban J connectivity index is 0.00000261. The first-order valence-electron chi connectivity index (χ1n) is 8.22. The number of amides is 1. The third kappa shape index (κ3) is 6.09. The van der Waals surface area contributed by atoms with E-state index in [1.807, 2.05) is 62.6 Å². The van der Waals surface area contributed by atoms with E-state index in [-0.39, 0.29) is 18.3 Å². The molecule has 0 atom stereocenters. The molecule has 0 spiro atoms. The Labute approximate surface area is 178 Å². The Morgan fingerprint density at radius 1 is 1.11 bits per heavy atom. The standard InChI is InChI=1S/C19H20ClN3OS2.ClH/c1-22(2)11-12-23(19-21-16-5-3-4-6-17(16)26-19)18(24)13-25-15-9-7-14(20)8-10-15;/h3-10H,11-13H2,1-2H3;1H. The molecule has 2 aromatic carbocycles. The van der Waals surface area contributed by atoms with Crippen LogP contribution in [0.15, 0.2) is 53.4 Å². The van der Waals surface area contributed by atoms with E-state index in [9.17, 15) is 4.79 Å². The molecule has 0 unspecified atom stereocenters. The van der Waals surface area contributed by atoms with Gasteiger partial charge in [0.2, 0.25) is 5.91 Å². The van der Waals surface area contributed by atoms with E-state index >= 15 is 0 Å². The van der Waals surface area contributed by atoms with Gasteiger partial charge in [0, 0.05) is 23.0 Å². The SMILES string of the molecule is CN(C)CCN(C(=O)CSc1ccc(Cl)cc1)c1nc2ccccc2s1.Cl. The summed E-state index contributed by atoms with van der Waals surface area (Å²) in [4.78, 5) is 22.5. The number of aromatic nitrogens is 1. The van der Waals surface area contributed by atoms with E-state index in [1.54, 1.807) is 16.2 Å². The lowest BCUT2D eigenvalue weighted by Gasteiger charge is -2.21. The summed E-state index contributed by atoms with van der Waals surface area (Å²) in [6, 6.07) is 15.5. The molecule has 0 bridgehead atoms. The molecule has 4 nitrogen and oxygen atoms in total. The number of para-hydroxylation sites is 1. The fourth-order valence-electron chi connectivity index (χ4n) is 2.36. The Morgan fingerprint density at radius 2 is 1.81 bits per heavy atom. The number of hydrogen-bond acceptors (Lipinski definition) is 5. The molecular formula is C19H21Cl2N3OS2. The van der Waals surface area contributed by atoms with Gasteiger partial charge in [-0.05, 0) is 50.5 Å². The first-order chi connectivity index (χ1) is 12.5. The molecule has 0 aliphatic carbocycles. The van der Waals surface area contributed by atoms with Crippen LogP contribution >= 0.6 is 47.1 Å². The molecule has 3 rings (SSSR count). The average Bonchev–Trinajstić information content (AvgIpc) is 3.05. The van der Waals surface area contributed by atoms with Crippen LogP contribution < -0.4 is 4.90 Å². The number of rotatable bonds is 7. The van der Waals surface area contributed by atoms with Gasteiger partial charge in [-0.3, -0.25) is 9.69 Å². The van der Waals surface area contributed by atoms with Crippen molar-refractivity contribution < 1.29 is 4.79 Å². The van der Waals surface area contributed by atoms with Crippen LogP contribution in [0.4, 0.5) is 5.13 Å². The Morgan fingerprint density at radius 3 is 2.48 bits per heavy atom. The minimum Gasteiger partial charge on any atom is -0.308 e. The summed E-state index contributed by atoms with van der Waals surface area (Å²) in [7, 11) is 4.01. The second-order valence-electron chi connectivity index (χ2n) is 6.06. The van der Waals surface area contributed by atoms with Crippen LogP contribution in [0.5, 0.6) is 0 Å². The Bertz CT molecular complexity index is 851. The maximum atomic E-state index is 12.9. The Hall–Kier alpha value is -1.31. The van der Waals surface area contributed by atoms with E-state index in [0.717, 1.165) is 26.8 Å². The van der Waals surface area contributed by atoms with Crippen molar-refractivity contribution >= 4 is 68.4 Å². The summed E-state index contributed by atoms with van der Waals surface area (Å²) >= 11 is 8.99. The van der Waals surface area contributed by atoms with Gasteiger partial charge in [0.1, 0.15) is 0 Å². The number of hydrogen-bond donors (Lipinski definition) is 0. The number of anilines is 1. The number of thiazole rings is 1. The highest BCUT2D eigenvalue weighted by Gasteiger charge is 2.20. The lowest BCUT2D eigenvalue weighted by atomic mass is 10.3. The fraction of sp³-hybridized carbons (Fsp3) is 0.263. The van der Waals surface area contributed by atoms with Gasteiger partial charge in [-0.2, -0.15) is 0 Å². The summed E-state index contributed by atoms with van der Waals surface area (Å²) in [5, 5.41) is 1.46. The first kappa shape index (κ1) is 22.0. The van der Waals surface area contributed by atoms with E-state index in [2.05, 4.69) is 9.88 Å². The summed E-state index contributed by atoms with van der Waals surface area (Å²) in [5.41, 5.74) is 0.931. The van der Waals surface area contributed by atoms with Crippen molar-refractivity contribution in [2.24, 2.45) is 0 Å². The molecule has 1 amide bonds. The van der Waals surface area contributed by atoms with Crippen LogP contribution in [0.3, 0.4) is 0 Å². The average molecular weight is 442 g/mol. The van der Waals surface area contributed by atoms with Gasteiger partial charge in [0.25, 0.3) is 0 Å². The highest BCUT2D eigenvalue weighted by Crippen LogP contribution is 2.29. The number of carbonyl (C=O) groups is 1. The molecule has 0 saturated carbocycles. The van der Waals surface area contributed by atoms with Gasteiger partial charge >= 0.3 is 0 Å². The quantitative estimate of drug-likeness (QED) is 0.480. The molecule has 0 aliphatic rings. The number of halogens is 2. The molecule has 3 aromatic rings. The molecule has 0 saturated heterocycles. The van der Waals surface area contributed by atoms with Crippen molar-refractivity contribution in [3.05, 3.63) is 53.6 Å². The molecule has 27 heavy (non-hydrogen) atoms. The maximum absolute atomic E-state index is 12.9. The third-order valence-electron chi connectivity index (χ3n) is 3.76. The largest absolute Gasteiger partial charge is 0.308 e. The lowest BCUT2D eigenvalue weighted by Crippen LogP contribution is -2.37. The van der Waals surface area contributed by atoms with Crippen LogP contribution in [0.25, 0.3) is 10.2 Å². The third-order valence-corrected chi connectivity index (χ3v) is 6.07. The number of thioether (sulfide) groups is 1. The number of benzene rings is 2. The highest BCUT2D eigenvalue weighted by molar-refractivity contribution is 8.00. The number of likely N-dealkylation sites (N-methyl/N-ethyl adjacent to an activating group) is 1. The molecule has 0 aliphatic heterocycles. The van der Waals surface area contributed by atoms with Crippen LogP contribution in [0, 0.1) is 0 Å². The second-order valence-corrected chi connectivity index (χ2v) is 8.55. The van der Waals surface area contributed by atoms with Crippen LogP contribution in [0.1, 0.15) is 0 Å². The molecule has 0 fully saturated rings. The molecule has 1 heterocycles. The van der Waals surface area contributed by atoms with Crippen molar-refractivity contribution in [2.45, 2.75) is 4.90 Å². The minimum absolute atomic E-state index is 0. The van der Waals surface area contributed by atoms with Gasteiger partial charge in [0.15, 0.2) is 5.13 Å². The summed E-state index contributed by atoms with van der Waals surface area (Å²) < 4.78 is 1.09. The van der Waals surface area contributed by atoms with Crippen molar-refractivity contribution in [1.82, 2.24) is 9.88 Å². The molecule has 8 heteroatoms. The zero-order chi connectivity index (χ0) is 18.5. The van der Waals surface area contributed by atoms with Gasteiger partial charge in [-0.25, -0.2) is 4.98 Å². The van der Waals surface area contributed by atoms with Gasteiger partial charge < -0.3 is 4.90 Å². The smallest absolute Gasteiger partial charge is 0.239 e. The van der Waals surface area contributed by atoms with Crippen LogP contribution in [0.2, 0.25) is 5.02 Å². The summed E-state index contributed by atoms with van der Waals surface area (Å²) in [6.45, 7) is 1.40. The number of nitrogens with zero attached hydrogens (tertiary/aromatic N) is 3. The van der Waals surface area contributed by atoms with Gasteiger partial charge in [-0.1, -0.05) is 35.1 Å². The topological polar surface area (TPSA) is 36.4 Å². The normalized spacial score (nSPS) is 10.8. The monoisotopic (exact) mass is 441 g/mol. The zero-order valence-corrected chi connectivity index (χ0v) is 18.3. The zero-order valence-electron chi connectivity index (χ0n) is 15.1. The van der Waals surface area contributed by atoms with Gasteiger partial charge in [0.05, 0.1) is 16.0 Å². The van der Waals surface area contributed by atoms with Crippen molar-refractivity contribution in [2.75, 3.05) is 37.8 Å². The van der Waals surface area contributed by atoms with E-state index in [0.29, 0.717) is 17.3 Å². The molecule has 0 radical (unpaired) electrons. The predicted molar refractivity (Wildman–Crippen MR) is 120 cm³/mol. The number of carbonyl (C=O) groups excluding carboxylic acids is 1. The van der Waals surface area contributed by atoms with Crippen LogP contribution in [-0.2, 0) is 4.79 Å². The molecule has 1 aromatic heterocycles. The van der Waals surface area contributed by atoms with Crippen molar-refractivity contribution in [3.8, 4) is 0 Å². The highest BCUT2D eigenvalue weighted by atomic mass is 35.5. The van der Waals surface area contributed by atoms with Gasteiger partial charge in [-0.15, -0.1) is 24.2 Å². The van der Waals surface area contributed by atoms with E-state index in [4.69, 9.17) is 11.6 Å². The summed E-state index contributed by atoms with van der Waals surface area (Å²) in [5.74, 6) is 0.427. The van der Waals surface area contributed by atoms with E-state index in [1.165, 1.54) is 11.8 Å². The van der Waals surface area contributed by atoms with Crippen molar-refractivity contribution in [1.29, 1.82) is 0 Å². The Kier molecular flexibility index (Phi) is 8.38. The minimum atomic E-state index is 0. The molecule has 0 N–H and O–H groups in total. The lowest BCUT2D eigenvalue weighted by molar-refractivity contribution is -0.116. The summed E-state index contributed by atoms with van der Waals surface area (Å²) in [6.07, 6.45) is 0. The van der Waals surface area contributed by atoms with Crippen LogP contribution in [-0.4, -0.2) is 48.7 Å². The fourth-order valence-corrected chi connectivity index (χ4v) is 4.27. The molecular weight excluding hydrogens is 421 g/mol. The van der Waals surface area contributed by atoms with E-state index < -0.39 is 0 Å². The maximum Gasteiger partial charge on any atom is 0.239 e. The van der Waals surface area contributed by atoms with Crippen molar-refractivity contribution in [3.63, 3.8) is 0 Å².